The van der Waals surface area contributed by atoms with Crippen LogP contribution in [0.5, 0.6) is 0 Å². The summed E-state index contributed by atoms with van der Waals surface area (Å²) in [5, 5.41) is 0. The van der Waals surface area contributed by atoms with E-state index in [1.807, 2.05) is 0 Å². The van der Waals surface area contributed by atoms with Crippen LogP contribution in [0.2, 0.25) is 0 Å². The van der Waals surface area contributed by atoms with Gasteiger partial charge in [-0.15, -0.1) is 0 Å². The van der Waals surface area contributed by atoms with Crippen LogP contribution < -0.4 is 0 Å². The molecular formula is C61H104O6. The van der Waals surface area contributed by atoms with Crippen LogP contribution in [0.3, 0.4) is 0 Å². The molecule has 0 radical (unpaired) electrons. The number of rotatable bonds is 50. The maximum Gasteiger partial charge on any atom is 0.306 e. The molecule has 384 valence electrons. The van der Waals surface area contributed by atoms with Crippen molar-refractivity contribution in [1.82, 2.24) is 0 Å². The zero-order chi connectivity index (χ0) is 48.6. The molecule has 0 aromatic rings. The molecule has 0 fully saturated rings. The minimum atomic E-state index is -0.775. The van der Waals surface area contributed by atoms with E-state index >= 15 is 0 Å². The predicted molar refractivity (Wildman–Crippen MR) is 288 cm³/mol. The van der Waals surface area contributed by atoms with E-state index in [0.29, 0.717) is 19.3 Å². The van der Waals surface area contributed by atoms with Gasteiger partial charge in [0.1, 0.15) is 13.2 Å². The van der Waals surface area contributed by atoms with Crippen LogP contribution in [0.15, 0.2) is 85.1 Å². The molecular weight excluding hydrogens is 829 g/mol. The molecule has 0 saturated heterocycles. The van der Waals surface area contributed by atoms with Gasteiger partial charge in [-0.3, -0.25) is 14.4 Å². The third kappa shape index (κ3) is 53.4. The molecule has 0 aliphatic carbocycles. The maximum atomic E-state index is 12.8. The Bertz CT molecular complexity index is 1300. The molecule has 0 bridgehead atoms. The van der Waals surface area contributed by atoms with E-state index in [0.717, 1.165) is 109 Å². The molecule has 0 aromatic heterocycles. The van der Waals surface area contributed by atoms with Crippen LogP contribution in [0.4, 0.5) is 0 Å². The van der Waals surface area contributed by atoms with Crippen molar-refractivity contribution < 1.29 is 28.6 Å². The molecule has 0 aromatic carbocycles. The standard InChI is InChI=1S/C61H104O6/c1-4-7-10-13-16-19-21-22-23-24-25-26-27-28-29-30-31-32-33-34-35-36-37-38-40-42-45-48-51-54-60(63)66-57-58(56-65-59(62)53-50-47-44-41-18-15-12-9-6-3)67-61(64)55-52-49-46-43-39-20-17-14-11-8-5-2/h7,10,16,19,22-23,25-26,28-29,31-32,34-35,58H,4-6,8-9,11-15,17-18,20-21,24,27,30,33,36-57H2,1-3H3/b10-7-,19-16-,23-22-,26-25-,29-28-,32-31-,35-34-. The molecule has 0 aliphatic rings. The van der Waals surface area contributed by atoms with E-state index < -0.39 is 6.10 Å². The van der Waals surface area contributed by atoms with Gasteiger partial charge in [-0.25, -0.2) is 0 Å². The van der Waals surface area contributed by atoms with Gasteiger partial charge < -0.3 is 14.2 Å². The number of hydrogen-bond acceptors (Lipinski definition) is 6. The van der Waals surface area contributed by atoms with Crippen molar-refractivity contribution >= 4 is 17.9 Å². The molecule has 0 heterocycles. The van der Waals surface area contributed by atoms with Crippen molar-refractivity contribution in [2.75, 3.05) is 13.2 Å². The minimum Gasteiger partial charge on any atom is -0.462 e. The third-order valence-corrected chi connectivity index (χ3v) is 11.9. The minimum absolute atomic E-state index is 0.0766. The van der Waals surface area contributed by atoms with Gasteiger partial charge in [0.2, 0.25) is 0 Å². The van der Waals surface area contributed by atoms with Gasteiger partial charge in [0.15, 0.2) is 6.10 Å². The number of carbonyl (C=O) groups is 3. The smallest absolute Gasteiger partial charge is 0.306 e. The first-order chi connectivity index (χ1) is 33.0. The Morgan fingerprint density at radius 3 is 0.910 bits per heavy atom. The molecule has 0 N–H and O–H groups in total. The lowest BCUT2D eigenvalue weighted by molar-refractivity contribution is -0.167. The van der Waals surface area contributed by atoms with Gasteiger partial charge in [0.05, 0.1) is 0 Å². The molecule has 1 unspecified atom stereocenters. The molecule has 0 aliphatic heterocycles. The molecule has 1 atom stereocenters. The summed E-state index contributed by atoms with van der Waals surface area (Å²) in [4.78, 5) is 37.9. The van der Waals surface area contributed by atoms with Crippen LogP contribution >= 0.6 is 0 Å². The highest BCUT2D eigenvalue weighted by Gasteiger charge is 2.19. The van der Waals surface area contributed by atoms with Crippen molar-refractivity contribution in [1.29, 1.82) is 0 Å². The Kier molecular flexibility index (Phi) is 52.4. The quantitative estimate of drug-likeness (QED) is 0.0262. The normalized spacial score (nSPS) is 12.7. The fraction of sp³-hybridized carbons (Fsp3) is 0.721. The number of carbonyl (C=O) groups excluding carboxylic acids is 3. The molecule has 0 amide bonds. The monoisotopic (exact) mass is 933 g/mol. The Hall–Kier alpha value is -3.41. The fourth-order valence-electron chi connectivity index (χ4n) is 7.72. The predicted octanol–water partition coefficient (Wildman–Crippen LogP) is 18.8. The molecule has 6 heteroatoms. The second-order valence-corrected chi connectivity index (χ2v) is 18.5. The van der Waals surface area contributed by atoms with Gasteiger partial charge in [0, 0.05) is 19.3 Å². The van der Waals surface area contributed by atoms with Gasteiger partial charge in [0.25, 0.3) is 0 Å². The summed E-state index contributed by atoms with van der Waals surface area (Å²) in [6, 6.07) is 0. The van der Waals surface area contributed by atoms with E-state index in [4.69, 9.17) is 14.2 Å². The number of hydrogen-bond donors (Lipinski definition) is 0. The van der Waals surface area contributed by atoms with Crippen LogP contribution in [0.25, 0.3) is 0 Å². The Morgan fingerprint density at radius 1 is 0.313 bits per heavy atom. The van der Waals surface area contributed by atoms with Gasteiger partial charge >= 0.3 is 17.9 Å². The molecule has 0 spiro atoms. The van der Waals surface area contributed by atoms with Crippen LogP contribution in [0.1, 0.15) is 265 Å². The van der Waals surface area contributed by atoms with Crippen LogP contribution in [-0.2, 0) is 28.6 Å². The van der Waals surface area contributed by atoms with E-state index in [9.17, 15) is 14.4 Å². The van der Waals surface area contributed by atoms with E-state index in [1.165, 1.54) is 116 Å². The van der Waals surface area contributed by atoms with Crippen molar-refractivity contribution in [2.24, 2.45) is 0 Å². The van der Waals surface area contributed by atoms with Crippen LogP contribution in [0, 0.1) is 0 Å². The lowest BCUT2D eigenvalue weighted by atomic mass is 10.1. The second-order valence-electron chi connectivity index (χ2n) is 18.5. The van der Waals surface area contributed by atoms with E-state index in [-0.39, 0.29) is 31.1 Å². The van der Waals surface area contributed by atoms with E-state index in [2.05, 4.69) is 106 Å². The summed E-state index contributed by atoms with van der Waals surface area (Å²) in [7, 11) is 0. The highest BCUT2D eigenvalue weighted by molar-refractivity contribution is 5.71. The zero-order valence-electron chi connectivity index (χ0n) is 43.9. The summed E-state index contributed by atoms with van der Waals surface area (Å²) in [6.07, 6.45) is 71.6. The SMILES string of the molecule is CC/C=C\C/C=C\C/C=C\C/C=C\C/C=C\C/C=C\C/C=C\CCCCCCCCCC(=O)OCC(COC(=O)CCCCCCCCCCC)OC(=O)CCCCCCCCCCCCC. The number of esters is 3. The average molecular weight is 933 g/mol. The summed E-state index contributed by atoms with van der Waals surface area (Å²) in [5.41, 5.74) is 0. The maximum absolute atomic E-state index is 12.8. The van der Waals surface area contributed by atoms with Crippen molar-refractivity contribution in [2.45, 2.75) is 271 Å². The molecule has 6 nitrogen and oxygen atoms in total. The number of ether oxygens (including phenoxy) is 3. The van der Waals surface area contributed by atoms with Gasteiger partial charge in [-0.05, 0) is 77.0 Å². The van der Waals surface area contributed by atoms with Crippen LogP contribution in [-0.4, -0.2) is 37.2 Å². The highest BCUT2D eigenvalue weighted by atomic mass is 16.6. The lowest BCUT2D eigenvalue weighted by Crippen LogP contribution is -2.30. The first-order valence-electron chi connectivity index (χ1n) is 28.1. The molecule has 0 saturated carbocycles. The highest BCUT2D eigenvalue weighted by Crippen LogP contribution is 2.15. The first-order valence-corrected chi connectivity index (χ1v) is 28.1. The topological polar surface area (TPSA) is 78.9 Å². The zero-order valence-corrected chi connectivity index (χ0v) is 43.9. The summed E-state index contributed by atoms with van der Waals surface area (Å²) in [6.45, 7) is 6.49. The Labute approximate surface area is 414 Å². The van der Waals surface area contributed by atoms with E-state index in [1.54, 1.807) is 0 Å². The fourth-order valence-corrected chi connectivity index (χ4v) is 7.72. The van der Waals surface area contributed by atoms with Crippen molar-refractivity contribution in [3.05, 3.63) is 85.1 Å². The van der Waals surface area contributed by atoms with Gasteiger partial charge in [-0.1, -0.05) is 254 Å². The van der Waals surface area contributed by atoms with Crippen molar-refractivity contribution in [3.8, 4) is 0 Å². The average Bonchev–Trinajstić information content (AvgIpc) is 3.33. The summed E-state index contributed by atoms with van der Waals surface area (Å²) >= 11 is 0. The molecule has 0 rings (SSSR count). The first kappa shape index (κ1) is 63.6. The van der Waals surface area contributed by atoms with Crippen molar-refractivity contribution in [3.63, 3.8) is 0 Å². The second kappa shape index (κ2) is 55.2. The summed E-state index contributed by atoms with van der Waals surface area (Å²) in [5.74, 6) is -0.888. The van der Waals surface area contributed by atoms with Gasteiger partial charge in [-0.2, -0.15) is 0 Å². The number of allylic oxidation sites excluding steroid dienone is 14. The number of unbranched alkanes of at least 4 members (excludes halogenated alkanes) is 25. The largest absolute Gasteiger partial charge is 0.462 e. The summed E-state index contributed by atoms with van der Waals surface area (Å²) < 4.78 is 16.8. The lowest BCUT2D eigenvalue weighted by Gasteiger charge is -2.18. The Morgan fingerprint density at radius 2 is 0.582 bits per heavy atom. The molecule has 67 heavy (non-hydrogen) atoms. The Balaban J connectivity index is 4.19. The third-order valence-electron chi connectivity index (χ3n) is 11.9.